The highest BCUT2D eigenvalue weighted by atomic mass is 35.5. The van der Waals surface area contributed by atoms with E-state index in [1.807, 2.05) is 0 Å². The number of pyridine rings is 1. The summed E-state index contributed by atoms with van der Waals surface area (Å²) in [6, 6.07) is 2.40. The summed E-state index contributed by atoms with van der Waals surface area (Å²) in [6.07, 6.45) is 5.31. The van der Waals surface area contributed by atoms with E-state index in [0.717, 1.165) is 22.4 Å². The van der Waals surface area contributed by atoms with Crippen molar-refractivity contribution >= 4 is 42.3 Å². The SMILES string of the molecule is BCOc1c(Cl)ccc(F)c1-c1c(O)c2nsnc2n(CC#C)c1=O. The first-order chi connectivity index (χ1) is 12.0. The number of nitrogens with zero attached hydrogens (tertiary/aromatic N) is 3. The van der Waals surface area contributed by atoms with Gasteiger partial charge in [-0.1, -0.05) is 17.5 Å². The molecule has 0 aliphatic carbocycles. The highest BCUT2D eigenvalue weighted by Gasteiger charge is 2.26. The van der Waals surface area contributed by atoms with Crippen LogP contribution in [0.3, 0.4) is 0 Å². The molecule has 3 aromatic rings. The van der Waals surface area contributed by atoms with E-state index in [9.17, 15) is 14.3 Å². The largest absolute Gasteiger partial charge is 0.505 e. The third-order valence-electron chi connectivity index (χ3n) is 3.49. The Kier molecular flexibility index (Phi) is 4.66. The molecule has 0 saturated carbocycles. The van der Waals surface area contributed by atoms with Gasteiger partial charge in [0.1, 0.15) is 11.6 Å². The summed E-state index contributed by atoms with van der Waals surface area (Å²) in [5.74, 6) is 1.04. The third kappa shape index (κ3) is 2.73. The smallest absolute Gasteiger partial charge is 0.265 e. The Labute approximate surface area is 151 Å². The van der Waals surface area contributed by atoms with Gasteiger partial charge in [0.25, 0.3) is 5.56 Å². The number of benzene rings is 1. The molecule has 0 amide bonds. The second-order valence-corrected chi connectivity index (χ2v) is 5.86. The van der Waals surface area contributed by atoms with E-state index in [1.54, 1.807) is 7.85 Å². The maximum atomic E-state index is 14.6. The first-order valence-electron chi connectivity index (χ1n) is 7.13. The van der Waals surface area contributed by atoms with Gasteiger partial charge in [-0.15, -0.1) is 6.42 Å². The lowest BCUT2D eigenvalue weighted by molar-refractivity contribution is 0.386. The number of fused-ring (bicyclic) bond motifs is 1. The van der Waals surface area contributed by atoms with Crippen LogP contribution in [-0.4, -0.2) is 32.8 Å². The summed E-state index contributed by atoms with van der Waals surface area (Å²) < 4.78 is 29.1. The molecule has 0 aliphatic heterocycles. The van der Waals surface area contributed by atoms with Gasteiger partial charge in [0.15, 0.2) is 24.8 Å². The highest BCUT2D eigenvalue weighted by Crippen LogP contribution is 2.42. The van der Waals surface area contributed by atoms with Crippen LogP contribution < -0.4 is 10.3 Å². The van der Waals surface area contributed by atoms with E-state index < -0.39 is 17.1 Å². The van der Waals surface area contributed by atoms with Crippen molar-refractivity contribution in [2.45, 2.75) is 6.54 Å². The summed E-state index contributed by atoms with van der Waals surface area (Å²) in [5, 5.41) is 10.7. The summed E-state index contributed by atoms with van der Waals surface area (Å²) in [7, 11) is 1.69. The van der Waals surface area contributed by atoms with E-state index in [-0.39, 0.29) is 46.1 Å². The van der Waals surface area contributed by atoms with Crippen LogP contribution in [0.5, 0.6) is 11.5 Å². The van der Waals surface area contributed by atoms with Crippen LogP contribution >= 0.6 is 23.3 Å². The number of halogens is 2. The minimum atomic E-state index is -0.768. The lowest BCUT2D eigenvalue weighted by Gasteiger charge is -2.15. The molecule has 0 fully saturated rings. The molecule has 0 unspecified atom stereocenters. The van der Waals surface area contributed by atoms with Crippen molar-refractivity contribution in [3.8, 4) is 35.0 Å². The Morgan fingerprint density at radius 2 is 2.20 bits per heavy atom. The van der Waals surface area contributed by atoms with Crippen molar-refractivity contribution in [3.63, 3.8) is 0 Å². The van der Waals surface area contributed by atoms with Gasteiger partial charge in [0, 0.05) is 0 Å². The van der Waals surface area contributed by atoms with Crippen molar-refractivity contribution in [1.29, 1.82) is 0 Å². The summed E-state index contributed by atoms with van der Waals surface area (Å²) in [6.45, 7) is 0.0795. The Bertz CT molecular complexity index is 1080. The van der Waals surface area contributed by atoms with Crippen molar-refractivity contribution < 1.29 is 14.2 Å². The summed E-state index contributed by atoms with van der Waals surface area (Å²) in [5.41, 5.74) is -1.08. The number of aromatic hydroxyl groups is 1. The van der Waals surface area contributed by atoms with Gasteiger partial charge in [-0.05, 0) is 12.1 Å². The van der Waals surface area contributed by atoms with Gasteiger partial charge >= 0.3 is 0 Å². The van der Waals surface area contributed by atoms with Gasteiger partial charge in [0.2, 0.25) is 0 Å². The quantitative estimate of drug-likeness (QED) is 0.552. The van der Waals surface area contributed by atoms with E-state index in [1.165, 1.54) is 6.07 Å². The monoisotopic (exact) mass is 377 g/mol. The average molecular weight is 378 g/mol. The molecule has 0 saturated heterocycles. The number of hydrogen-bond acceptors (Lipinski definition) is 6. The average Bonchev–Trinajstić information content (AvgIpc) is 3.07. The molecule has 25 heavy (non-hydrogen) atoms. The van der Waals surface area contributed by atoms with E-state index in [2.05, 4.69) is 14.7 Å². The van der Waals surface area contributed by atoms with Crippen LogP contribution in [0.15, 0.2) is 16.9 Å². The van der Waals surface area contributed by atoms with Crippen LogP contribution in [0.2, 0.25) is 5.02 Å². The van der Waals surface area contributed by atoms with Crippen molar-refractivity contribution in [1.82, 2.24) is 13.3 Å². The molecule has 1 aromatic carbocycles. The van der Waals surface area contributed by atoms with Crippen molar-refractivity contribution in [3.05, 3.63) is 33.3 Å². The zero-order valence-electron chi connectivity index (χ0n) is 12.9. The molecule has 10 heteroatoms. The molecule has 0 radical (unpaired) electrons. The Hall–Kier alpha value is -2.57. The van der Waals surface area contributed by atoms with E-state index in [0.29, 0.717) is 0 Å². The number of aromatic nitrogens is 3. The molecule has 2 heterocycles. The minimum absolute atomic E-state index is 0.0358. The topological polar surface area (TPSA) is 77.2 Å². The molecule has 6 nitrogen and oxygen atoms in total. The van der Waals surface area contributed by atoms with Gasteiger partial charge in [-0.2, -0.15) is 8.75 Å². The molecule has 0 bridgehead atoms. The van der Waals surface area contributed by atoms with Gasteiger partial charge in [-0.3, -0.25) is 9.36 Å². The Balaban J connectivity index is 2.48. The predicted octanol–water partition coefficient (Wildman–Crippen LogP) is 1.62. The first-order valence-corrected chi connectivity index (χ1v) is 8.24. The maximum absolute atomic E-state index is 14.6. The van der Waals surface area contributed by atoms with Crippen LogP contribution in [0, 0.1) is 18.2 Å². The Morgan fingerprint density at radius 3 is 2.88 bits per heavy atom. The standard InChI is InChI=1S/C15H10BClFN3O3S/c1-2-5-21-14-11(19-25-20-14)12(22)10(15(21)23)9-8(18)4-3-7(17)13(9)24-6-16/h1,3-4,22H,5-6,16H2. The normalized spacial score (nSPS) is 10.8. The molecule has 3 rings (SSSR count). The van der Waals surface area contributed by atoms with E-state index in [4.69, 9.17) is 22.8 Å². The van der Waals surface area contributed by atoms with Crippen LogP contribution in [0.4, 0.5) is 4.39 Å². The first kappa shape index (κ1) is 17.3. The molecule has 0 aliphatic rings. The molecule has 1 N–H and O–H groups in total. The number of rotatable bonds is 4. The van der Waals surface area contributed by atoms with Gasteiger partial charge in [-0.25, -0.2) is 4.39 Å². The molecule has 0 spiro atoms. The second-order valence-electron chi connectivity index (χ2n) is 4.92. The van der Waals surface area contributed by atoms with Crippen LogP contribution in [0.25, 0.3) is 22.3 Å². The number of ether oxygens (including phenoxy) is 1. The number of terminal acetylenes is 1. The van der Waals surface area contributed by atoms with Gasteiger partial charge in [0.05, 0.1) is 40.9 Å². The second kappa shape index (κ2) is 6.74. The summed E-state index contributed by atoms with van der Waals surface area (Å²) >= 11 is 6.89. The van der Waals surface area contributed by atoms with Crippen molar-refractivity contribution in [2.24, 2.45) is 0 Å². The van der Waals surface area contributed by atoms with Crippen LogP contribution in [-0.2, 0) is 6.54 Å². The highest BCUT2D eigenvalue weighted by molar-refractivity contribution is 7.00. The van der Waals surface area contributed by atoms with Gasteiger partial charge < -0.3 is 9.84 Å². The molecular formula is C15H10BClFN3O3S. The third-order valence-corrected chi connectivity index (χ3v) is 4.31. The van der Waals surface area contributed by atoms with Crippen molar-refractivity contribution in [2.75, 3.05) is 6.51 Å². The molecule has 2 aromatic heterocycles. The van der Waals surface area contributed by atoms with E-state index >= 15 is 0 Å². The zero-order chi connectivity index (χ0) is 18.1. The lowest BCUT2D eigenvalue weighted by atomic mass is 10.0. The zero-order valence-corrected chi connectivity index (χ0v) is 14.5. The molecular weight excluding hydrogens is 368 g/mol. The minimum Gasteiger partial charge on any atom is -0.505 e. The fraction of sp³-hybridized carbons (Fsp3) is 0.133. The lowest BCUT2D eigenvalue weighted by Crippen LogP contribution is -2.23. The molecule has 126 valence electrons. The Morgan fingerprint density at radius 1 is 1.44 bits per heavy atom. The fourth-order valence-corrected chi connectivity index (χ4v) is 3.24. The molecule has 0 atom stereocenters. The maximum Gasteiger partial charge on any atom is 0.265 e. The fourth-order valence-electron chi connectivity index (χ4n) is 2.48. The number of hydrogen-bond donors (Lipinski definition) is 1. The van der Waals surface area contributed by atoms with Crippen LogP contribution in [0.1, 0.15) is 0 Å². The summed E-state index contributed by atoms with van der Waals surface area (Å²) in [4.78, 5) is 12.9. The predicted molar refractivity (Wildman–Crippen MR) is 96.6 cm³/mol.